The van der Waals surface area contributed by atoms with Crippen molar-refractivity contribution >= 4 is 29.1 Å². The van der Waals surface area contributed by atoms with Crippen molar-refractivity contribution in [3.63, 3.8) is 0 Å². The van der Waals surface area contributed by atoms with Gasteiger partial charge in [0.1, 0.15) is 0 Å². The molecule has 0 aromatic heterocycles. The molecule has 0 bridgehead atoms. The minimum absolute atomic E-state index is 0.265. The van der Waals surface area contributed by atoms with Gasteiger partial charge in [0, 0.05) is 17.0 Å². The summed E-state index contributed by atoms with van der Waals surface area (Å²) >= 11 is 7.96. The van der Waals surface area contributed by atoms with Crippen molar-refractivity contribution in [2.75, 3.05) is 11.5 Å². The van der Waals surface area contributed by atoms with Gasteiger partial charge in [-0.1, -0.05) is 11.6 Å². The summed E-state index contributed by atoms with van der Waals surface area (Å²) in [5.41, 5.74) is 1.79. The molecule has 1 saturated heterocycles. The molecule has 92 valence electrons. The van der Waals surface area contributed by atoms with E-state index in [1.165, 1.54) is 24.3 Å². The summed E-state index contributed by atoms with van der Waals surface area (Å²) in [6, 6.07) is 5.57. The van der Waals surface area contributed by atoms with Gasteiger partial charge in [-0.05, 0) is 61.0 Å². The average molecular weight is 269 g/mol. The summed E-state index contributed by atoms with van der Waals surface area (Å²) in [5, 5.41) is 0.732. The molecule has 1 heterocycles. The normalized spacial score (nSPS) is 17.1. The van der Waals surface area contributed by atoms with E-state index in [9.17, 15) is 4.79 Å². The van der Waals surface area contributed by atoms with Crippen LogP contribution in [-0.4, -0.2) is 17.3 Å². The fraction of sp³-hybridized carbons (Fsp3) is 0.500. The van der Waals surface area contributed by atoms with Crippen molar-refractivity contribution in [3.8, 4) is 0 Å². The highest BCUT2D eigenvalue weighted by atomic mass is 35.5. The van der Waals surface area contributed by atoms with E-state index in [0.717, 1.165) is 16.1 Å². The first kappa shape index (κ1) is 13.0. The number of Topliss-reactive ketones (excluding diaryl/α,β-unsaturated/α-hetero) is 1. The Balaban J connectivity index is 2.01. The van der Waals surface area contributed by atoms with Crippen LogP contribution in [0.15, 0.2) is 18.2 Å². The second-order valence-corrected chi connectivity index (χ2v) is 6.28. The lowest BCUT2D eigenvalue weighted by atomic mass is 9.93. The quantitative estimate of drug-likeness (QED) is 0.758. The van der Waals surface area contributed by atoms with Crippen LogP contribution in [0, 0.1) is 12.8 Å². The molecule has 1 aliphatic heterocycles. The van der Waals surface area contributed by atoms with Crippen LogP contribution in [0.4, 0.5) is 0 Å². The van der Waals surface area contributed by atoms with E-state index in [1.54, 1.807) is 0 Å². The Kier molecular flexibility index (Phi) is 4.52. The number of carbonyl (C=O) groups is 1. The summed E-state index contributed by atoms with van der Waals surface area (Å²) in [6.07, 6.45) is 3.06. The molecule has 0 atom stereocenters. The zero-order valence-electron chi connectivity index (χ0n) is 10.0. The van der Waals surface area contributed by atoms with E-state index in [2.05, 4.69) is 0 Å². The van der Waals surface area contributed by atoms with Gasteiger partial charge in [0.2, 0.25) is 0 Å². The maximum atomic E-state index is 12.1. The van der Waals surface area contributed by atoms with Crippen LogP contribution in [0.1, 0.15) is 35.2 Å². The summed E-state index contributed by atoms with van der Waals surface area (Å²) < 4.78 is 0. The van der Waals surface area contributed by atoms with Gasteiger partial charge in [-0.2, -0.15) is 11.8 Å². The number of aryl methyl sites for hydroxylation is 1. The zero-order valence-corrected chi connectivity index (χ0v) is 11.6. The minimum Gasteiger partial charge on any atom is -0.294 e. The van der Waals surface area contributed by atoms with Crippen LogP contribution < -0.4 is 0 Å². The third-order valence-electron chi connectivity index (χ3n) is 3.29. The van der Waals surface area contributed by atoms with Crippen LogP contribution in [-0.2, 0) is 0 Å². The van der Waals surface area contributed by atoms with Gasteiger partial charge in [0.15, 0.2) is 5.78 Å². The molecule has 1 aromatic carbocycles. The highest BCUT2D eigenvalue weighted by Crippen LogP contribution is 2.27. The molecule has 0 N–H and O–H groups in total. The molecule has 0 spiro atoms. The first-order valence-corrected chi connectivity index (χ1v) is 7.57. The second-order valence-electron chi connectivity index (χ2n) is 4.65. The Hall–Kier alpha value is -0.470. The van der Waals surface area contributed by atoms with E-state index in [0.29, 0.717) is 12.3 Å². The van der Waals surface area contributed by atoms with E-state index in [1.807, 2.05) is 36.9 Å². The zero-order chi connectivity index (χ0) is 12.3. The number of rotatable bonds is 3. The first-order valence-electron chi connectivity index (χ1n) is 6.04. The average Bonchev–Trinajstić information content (AvgIpc) is 2.34. The van der Waals surface area contributed by atoms with Gasteiger partial charge in [0.05, 0.1) is 0 Å². The summed E-state index contributed by atoms with van der Waals surface area (Å²) in [7, 11) is 0. The minimum atomic E-state index is 0.265. The molecule has 0 saturated carbocycles. The van der Waals surface area contributed by atoms with E-state index in [-0.39, 0.29) is 5.78 Å². The van der Waals surface area contributed by atoms with Gasteiger partial charge >= 0.3 is 0 Å². The summed E-state index contributed by atoms with van der Waals surface area (Å²) in [4.78, 5) is 12.1. The molecule has 3 heteroatoms. The summed E-state index contributed by atoms with van der Waals surface area (Å²) in [5.74, 6) is 3.26. The number of halogens is 1. The highest BCUT2D eigenvalue weighted by Gasteiger charge is 2.18. The van der Waals surface area contributed by atoms with E-state index in [4.69, 9.17) is 11.6 Å². The fourth-order valence-corrected chi connectivity index (χ4v) is 3.47. The Bertz CT molecular complexity index is 411. The number of benzene rings is 1. The fourth-order valence-electron chi connectivity index (χ4n) is 2.15. The monoisotopic (exact) mass is 268 g/mol. The number of ketones is 1. The number of thioether (sulfide) groups is 1. The summed E-state index contributed by atoms with van der Waals surface area (Å²) in [6.45, 7) is 1.94. The van der Waals surface area contributed by atoms with Crippen molar-refractivity contribution in [2.24, 2.45) is 5.92 Å². The van der Waals surface area contributed by atoms with Crippen molar-refractivity contribution in [3.05, 3.63) is 34.3 Å². The van der Waals surface area contributed by atoms with Gasteiger partial charge < -0.3 is 0 Å². The SMILES string of the molecule is Cc1cc(C(=O)CC2CCSCC2)ccc1Cl. The molecule has 2 rings (SSSR count). The van der Waals surface area contributed by atoms with Crippen molar-refractivity contribution < 1.29 is 4.79 Å². The molecule has 0 unspecified atom stereocenters. The molecule has 1 nitrogen and oxygen atoms in total. The predicted molar refractivity (Wildman–Crippen MR) is 75.2 cm³/mol. The molecule has 0 radical (unpaired) electrons. The molecular formula is C14H17ClOS. The maximum absolute atomic E-state index is 12.1. The molecule has 1 aliphatic rings. The van der Waals surface area contributed by atoms with Crippen LogP contribution in [0.3, 0.4) is 0 Å². The largest absolute Gasteiger partial charge is 0.294 e. The van der Waals surface area contributed by atoms with E-state index < -0.39 is 0 Å². The van der Waals surface area contributed by atoms with Crippen molar-refractivity contribution in [2.45, 2.75) is 26.2 Å². The Morgan fingerprint density at radius 1 is 1.41 bits per heavy atom. The van der Waals surface area contributed by atoms with Crippen molar-refractivity contribution in [1.82, 2.24) is 0 Å². The van der Waals surface area contributed by atoms with Gasteiger partial charge in [-0.15, -0.1) is 0 Å². The Labute approximate surface area is 112 Å². The molecule has 1 aromatic rings. The van der Waals surface area contributed by atoms with Gasteiger partial charge in [-0.25, -0.2) is 0 Å². The van der Waals surface area contributed by atoms with Crippen LogP contribution in [0.2, 0.25) is 5.02 Å². The lowest BCUT2D eigenvalue weighted by molar-refractivity contribution is 0.0958. The molecule has 0 aliphatic carbocycles. The van der Waals surface area contributed by atoms with Crippen molar-refractivity contribution in [1.29, 1.82) is 0 Å². The van der Waals surface area contributed by atoms with Crippen LogP contribution in [0.5, 0.6) is 0 Å². The third kappa shape index (κ3) is 3.49. The molecular weight excluding hydrogens is 252 g/mol. The topological polar surface area (TPSA) is 17.1 Å². The Morgan fingerprint density at radius 3 is 2.76 bits per heavy atom. The van der Waals surface area contributed by atoms with E-state index >= 15 is 0 Å². The maximum Gasteiger partial charge on any atom is 0.163 e. The number of hydrogen-bond donors (Lipinski definition) is 0. The molecule has 17 heavy (non-hydrogen) atoms. The third-order valence-corrected chi connectivity index (χ3v) is 4.77. The standard InChI is InChI=1S/C14H17ClOS/c1-10-8-12(2-3-13(10)15)14(16)9-11-4-6-17-7-5-11/h2-3,8,11H,4-7,9H2,1H3. The van der Waals surface area contributed by atoms with Crippen LogP contribution in [0.25, 0.3) is 0 Å². The van der Waals surface area contributed by atoms with Gasteiger partial charge in [-0.3, -0.25) is 4.79 Å². The number of hydrogen-bond acceptors (Lipinski definition) is 2. The molecule has 1 fully saturated rings. The lowest BCUT2D eigenvalue weighted by Gasteiger charge is -2.20. The smallest absolute Gasteiger partial charge is 0.163 e. The predicted octanol–water partition coefficient (Wildman–Crippen LogP) is 4.36. The lowest BCUT2D eigenvalue weighted by Crippen LogP contribution is -2.14. The molecule has 0 amide bonds. The Morgan fingerprint density at radius 2 is 2.12 bits per heavy atom. The first-order chi connectivity index (χ1) is 8.16. The van der Waals surface area contributed by atoms with Gasteiger partial charge in [0.25, 0.3) is 0 Å². The second kappa shape index (κ2) is 5.92. The number of carbonyl (C=O) groups excluding carboxylic acids is 1. The van der Waals surface area contributed by atoms with Crippen LogP contribution >= 0.6 is 23.4 Å². The highest BCUT2D eigenvalue weighted by molar-refractivity contribution is 7.99.